The van der Waals surface area contributed by atoms with Gasteiger partial charge in [0.25, 0.3) is 0 Å². The molecule has 1 aliphatic rings. The second-order valence-electron chi connectivity index (χ2n) is 4.79. The minimum absolute atomic E-state index is 0.628. The van der Waals surface area contributed by atoms with E-state index < -0.39 is 0 Å². The zero-order chi connectivity index (χ0) is 12.1. The lowest BCUT2D eigenvalue weighted by molar-refractivity contribution is 0.249. The molecule has 94 valence electrons. The van der Waals surface area contributed by atoms with Gasteiger partial charge in [0.1, 0.15) is 5.82 Å². The van der Waals surface area contributed by atoms with Crippen LogP contribution < -0.4 is 4.90 Å². The monoisotopic (exact) mass is 234 g/mol. The minimum atomic E-state index is 0.628. The van der Waals surface area contributed by atoms with Gasteiger partial charge < -0.3 is 9.80 Å². The first-order valence-electron chi connectivity index (χ1n) is 6.52. The third-order valence-electron chi connectivity index (χ3n) is 3.44. The van der Waals surface area contributed by atoms with Crippen LogP contribution in [0.3, 0.4) is 0 Å². The summed E-state index contributed by atoms with van der Waals surface area (Å²) in [5, 5.41) is 0. The van der Waals surface area contributed by atoms with E-state index in [1.54, 1.807) is 12.4 Å². The Morgan fingerprint density at radius 2 is 2.12 bits per heavy atom. The molecule has 17 heavy (non-hydrogen) atoms. The van der Waals surface area contributed by atoms with Gasteiger partial charge in [-0.2, -0.15) is 0 Å². The molecule has 0 N–H and O–H groups in total. The summed E-state index contributed by atoms with van der Waals surface area (Å²) < 4.78 is 0. The Balaban J connectivity index is 2.07. The number of hydrogen-bond donors (Lipinski definition) is 0. The molecule has 0 spiro atoms. The van der Waals surface area contributed by atoms with Gasteiger partial charge in [-0.3, -0.25) is 4.98 Å². The van der Waals surface area contributed by atoms with Crippen LogP contribution in [0.15, 0.2) is 18.6 Å². The second-order valence-corrected chi connectivity index (χ2v) is 4.79. The van der Waals surface area contributed by atoms with Crippen molar-refractivity contribution in [1.82, 2.24) is 14.9 Å². The molecule has 0 aliphatic carbocycles. The molecule has 0 unspecified atom stereocenters. The molecule has 4 heteroatoms. The SMILES string of the molecule is CCCN(c1cnccn1)C1CCN(C)CC1. The summed E-state index contributed by atoms with van der Waals surface area (Å²) in [7, 11) is 2.20. The normalized spacial score (nSPS) is 18.2. The number of hydrogen-bond acceptors (Lipinski definition) is 4. The number of nitrogens with zero attached hydrogens (tertiary/aromatic N) is 4. The predicted octanol–water partition coefficient (Wildman–Crippen LogP) is 1.79. The fourth-order valence-electron chi connectivity index (χ4n) is 2.47. The van der Waals surface area contributed by atoms with E-state index in [0.717, 1.165) is 18.8 Å². The zero-order valence-electron chi connectivity index (χ0n) is 10.8. The lowest BCUT2D eigenvalue weighted by Gasteiger charge is -2.37. The van der Waals surface area contributed by atoms with Crippen LogP contribution in [0.4, 0.5) is 5.82 Å². The Labute approximate surface area is 104 Å². The van der Waals surface area contributed by atoms with Gasteiger partial charge in [0.2, 0.25) is 0 Å². The lowest BCUT2D eigenvalue weighted by Crippen LogP contribution is -2.44. The molecule has 1 aromatic rings. The highest BCUT2D eigenvalue weighted by Crippen LogP contribution is 2.20. The molecule has 1 aromatic heterocycles. The smallest absolute Gasteiger partial charge is 0.147 e. The first kappa shape index (κ1) is 12.3. The van der Waals surface area contributed by atoms with E-state index in [9.17, 15) is 0 Å². The third kappa shape index (κ3) is 3.16. The van der Waals surface area contributed by atoms with E-state index in [1.165, 1.54) is 25.9 Å². The summed E-state index contributed by atoms with van der Waals surface area (Å²) in [6, 6.07) is 0.628. The highest BCUT2D eigenvalue weighted by atomic mass is 15.2. The molecule has 0 amide bonds. The fourth-order valence-corrected chi connectivity index (χ4v) is 2.47. The standard InChI is InChI=1S/C13H22N4/c1-3-8-17(13-11-14-6-7-15-13)12-4-9-16(2)10-5-12/h6-7,11-12H,3-5,8-10H2,1-2H3. The molecule has 4 nitrogen and oxygen atoms in total. The van der Waals surface area contributed by atoms with Gasteiger partial charge in [-0.05, 0) is 39.4 Å². The fraction of sp³-hybridized carbons (Fsp3) is 0.692. The molecule has 0 atom stereocenters. The first-order chi connectivity index (χ1) is 8.31. The van der Waals surface area contributed by atoms with E-state index >= 15 is 0 Å². The summed E-state index contributed by atoms with van der Waals surface area (Å²) in [5.74, 6) is 1.03. The van der Waals surface area contributed by atoms with Crippen LogP contribution in [0, 0.1) is 0 Å². The zero-order valence-corrected chi connectivity index (χ0v) is 10.8. The first-order valence-corrected chi connectivity index (χ1v) is 6.52. The van der Waals surface area contributed by atoms with Crippen molar-refractivity contribution >= 4 is 5.82 Å². The molecule has 0 bridgehead atoms. The summed E-state index contributed by atoms with van der Waals surface area (Å²) in [5.41, 5.74) is 0. The maximum absolute atomic E-state index is 4.44. The highest BCUT2D eigenvalue weighted by molar-refractivity contribution is 5.36. The van der Waals surface area contributed by atoms with Crippen molar-refractivity contribution in [2.24, 2.45) is 0 Å². The number of piperidine rings is 1. The van der Waals surface area contributed by atoms with Crippen molar-refractivity contribution in [3.05, 3.63) is 18.6 Å². The van der Waals surface area contributed by atoms with Crippen molar-refractivity contribution in [3.8, 4) is 0 Å². The molecule has 0 aromatic carbocycles. The van der Waals surface area contributed by atoms with E-state index in [0.29, 0.717) is 6.04 Å². The molecule has 0 saturated carbocycles. The van der Waals surface area contributed by atoms with Gasteiger partial charge in [0.05, 0.1) is 6.20 Å². The number of likely N-dealkylation sites (tertiary alicyclic amines) is 1. The summed E-state index contributed by atoms with van der Waals surface area (Å²) in [4.78, 5) is 13.5. The van der Waals surface area contributed by atoms with Crippen LogP contribution in [0.1, 0.15) is 26.2 Å². The minimum Gasteiger partial charge on any atom is -0.352 e. The van der Waals surface area contributed by atoms with Gasteiger partial charge in [0, 0.05) is 25.0 Å². The molecular formula is C13H22N4. The Morgan fingerprint density at radius 3 is 2.71 bits per heavy atom. The average Bonchev–Trinajstić information content (AvgIpc) is 2.38. The van der Waals surface area contributed by atoms with E-state index in [-0.39, 0.29) is 0 Å². The van der Waals surface area contributed by atoms with Crippen LogP contribution >= 0.6 is 0 Å². The molecule has 2 heterocycles. The van der Waals surface area contributed by atoms with Crippen molar-refractivity contribution < 1.29 is 0 Å². The van der Waals surface area contributed by atoms with Crippen LogP contribution in [-0.2, 0) is 0 Å². The maximum atomic E-state index is 4.44. The lowest BCUT2D eigenvalue weighted by atomic mass is 10.0. The highest BCUT2D eigenvalue weighted by Gasteiger charge is 2.23. The molecule has 0 radical (unpaired) electrons. The molecule has 1 saturated heterocycles. The second kappa shape index (κ2) is 5.96. The van der Waals surface area contributed by atoms with Crippen LogP contribution in [0.5, 0.6) is 0 Å². The quantitative estimate of drug-likeness (QED) is 0.795. The maximum Gasteiger partial charge on any atom is 0.147 e. The Hall–Kier alpha value is -1.16. The van der Waals surface area contributed by atoms with E-state index in [1.807, 2.05) is 6.20 Å². The van der Waals surface area contributed by atoms with Crippen molar-refractivity contribution in [3.63, 3.8) is 0 Å². The molecule has 1 aliphatic heterocycles. The largest absolute Gasteiger partial charge is 0.352 e. The van der Waals surface area contributed by atoms with Crippen molar-refractivity contribution in [1.29, 1.82) is 0 Å². The van der Waals surface area contributed by atoms with Gasteiger partial charge in [-0.25, -0.2) is 4.98 Å². The van der Waals surface area contributed by atoms with Gasteiger partial charge in [-0.1, -0.05) is 6.92 Å². The van der Waals surface area contributed by atoms with E-state index in [2.05, 4.69) is 33.7 Å². The number of aromatic nitrogens is 2. The van der Waals surface area contributed by atoms with Crippen LogP contribution in [-0.4, -0.2) is 47.6 Å². The predicted molar refractivity (Wildman–Crippen MR) is 70.2 cm³/mol. The van der Waals surface area contributed by atoms with Crippen molar-refractivity contribution in [2.45, 2.75) is 32.2 Å². The van der Waals surface area contributed by atoms with Crippen LogP contribution in [0.25, 0.3) is 0 Å². The topological polar surface area (TPSA) is 32.3 Å². The third-order valence-corrected chi connectivity index (χ3v) is 3.44. The molecule has 1 fully saturated rings. The number of anilines is 1. The van der Waals surface area contributed by atoms with Crippen molar-refractivity contribution in [2.75, 3.05) is 31.6 Å². The Morgan fingerprint density at radius 1 is 1.35 bits per heavy atom. The Bertz CT molecular complexity index is 319. The summed E-state index contributed by atoms with van der Waals surface area (Å²) >= 11 is 0. The summed E-state index contributed by atoms with van der Waals surface area (Å²) in [6.45, 7) is 5.67. The van der Waals surface area contributed by atoms with Gasteiger partial charge in [0.15, 0.2) is 0 Å². The number of rotatable bonds is 4. The molecule has 2 rings (SSSR count). The summed E-state index contributed by atoms with van der Waals surface area (Å²) in [6.07, 6.45) is 9.02. The average molecular weight is 234 g/mol. The molecular weight excluding hydrogens is 212 g/mol. The van der Waals surface area contributed by atoms with Gasteiger partial charge in [-0.15, -0.1) is 0 Å². The van der Waals surface area contributed by atoms with E-state index in [4.69, 9.17) is 0 Å². The van der Waals surface area contributed by atoms with Crippen LogP contribution in [0.2, 0.25) is 0 Å². The van der Waals surface area contributed by atoms with Gasteiger partial charge >= 0.3 is 0 Å². The Kier molecular flexibility index (Phi) is 4.31.